The van der Waals surface area contributed by atoms with Crippen LogP contribution in [0.5, 0.6) is 5.75 Å². The Morgan fingerprint density at radius 1 is 1.14 bits per heavy atom. The first-order valence-corrected chi connectivity index (χ1v) is 11.7. The summed E-state index contributed by atoms with van der Waals surface area (Å²) in [5.41, 5.74) is -0.0922. The Labute approximate surface area is 204 Å². The molecule has 0 radical (unpaired) electrons. The molecule has 11 heteroatoms. The Bertz CT molecular complexity index is 1450. The maximum Gasteiger partial charge on any atom is 0.416 e. The number of nitrogens with zero attached hydrogens (tertiary/aromatic N) is 5. The van der Waals surface area contributed by atoms with Gasteiger partial charge in [0, 0.05) is 19.0 Å². The van der Waals surface area contributed by atoms with Crippen molar-refractivity contribution in [2.75, 3.05) is 25.1 Å². The zero-order chi connectivity index (χ0) is 25.6. The standard InChI is InChI=1S/C25H26F3N5O3/c1-15(2)22-29-30-23(36-22)31-12-11-17(14-31)33-19-9-6-10-20(35-3)21(19)32(24(33)34)13-16-7-4-5-8-18(16)25(26,27)28/h4-10,15,17H,11-14H2,1-3H3. The summed E-state index contributed by atoms with van der Waals surface area (Å²) in [6, 6.07) is 10.7. The third kappa shape index (κ3) is 4.12. The van der Waals surface area contributed by atoms with Gasteiger partial charge in [-0.3, -0.25) is 9.13 Å². The summed E-state index contributed by atoms with van der Waals surface area (Å²) in [7, 11) is 1.48. The van der Waals surface area contributed by atoms with E-state index in [0.29, 0.717) is 48.2 Å². The number of alkyl halides is 3. The van der Waals surface area contributed by atoms with Gasteiger partial charge in [-0.15, -0.1) is 5.10 Å². The van der Waals surface area contributed by atoms with E-state index in [1.807, 2.05) is 18.7 Å². The van der Waals surface area contributed by atoms with Gasteiger partial charge in [-0.1, -0.05) is 43.2 Å². The van der Waals surface area contributed by atoms with Gasteiger partial charge in [0.05, 0.1) is 30.8 Å². The number of anilines is 1. The van der Waals surface area contributed by atoms with Crippen LogP contribution in [0.2, 0.25) is 0 Å². The number of hydrogen-bond donors (Lipinski definition) is 0. The molecule has 2 aromatic carbocycles. The lowest BCUT2D eigenvalue weighted by Gasteiger charge is -2.15. The SMILES string of the molecule is COc1cccc2c1n(Cc1ccccc1C(F)(F)F)c(=O)n2C1CCN(c2nnc(C(C)C)o2)C1. The van der Waals surface area contributed by atoms with Gasteiger partial charge in [-0.25, -0.2) is 4.79 Å². The molecule has 0 spiro atoms. The van der Waals surface area contributed by atoms with Gasteiger partial charge in [0.2, 0.25) is 5.89 Å². The molecule has 1 atom stereocenters. The van der Waals surface area contributed by atoms with Crippen molar-refractivity contribution in [2.24, 2.45) is 0 Å². The number of aromatic nitrogens is 4. The van der Waals surface area contributed by atoms with Crippen LogP contribution >= 0.6 is 0 Å². The first kappa shape index (κ1) is 24.0. The number of para-hydroxylation sites is 1. The van der Waals surface area contributed by atoms with E-state index in [4.69, 9.17) is 9.15 Å². The fourth-order valence-corrected chi connectivity index (χ4v) is 4.79. The summed E-state index contributed by atoms with van der Waals surface area (Å²) >= 11 is 0. The molecule has 1 saturated heterocycles. The van der Waals surface area contributed by atoms with Crippen molar-refractivity contribution in [2.45, 2.75) is 44.9 Å². The first-order valence-electron chi connectivity index (χ1n) is 11.7. The summed E-state index contributed by atoms with van der Waals surface area (Å²) in [6.45, 7) is 4.74. The van der Waals surface area contributed by atoms with E-state index in [0.717, 1.165) is 6.07 Å². The van der Waals surface area contributed by atoms with Gasteiger partial charge in [-0.2, -0.15) is 13.2 Å². The molecule has 0 bridgehead atoms. The maximum absolute atomic E-state index is 13.8. The highest BCUT2D eigenvalue weighted by Gasteiger charge is 2.35. The van der Waals surface area contributed by atoms with Crippen LogP contribution in [0.4, 0.5) is 19.2 Å². The van der Waals surface area contributed by atoms with Crippen LogP contribution in [0, 0.1) is 0 Å². The monoisotopic (exact) mass is 501 g/mol. The molecule has 3 heterocycles. The Morgan fingerprint density at radius 2 is 1.92 bits per heavy atom. The van der Waals surface area contributed by atoms with Gasteiger partial charge < -0.3 is 14.1 Å². The summed E-state index contributed by atoms with van der Waals surface area (Å²) in [5, 5.41) is 8.23. The average molecular weight is 502 g/mol. The minimum atomic E-state index is -4.53. The Kier molecular flexibility index (Phi) is 6.01. The number of ether oxygens (including phenoxy) is 1. The molecular weight excluding hydrogens is 475 g/mol. The van der Waals surface area contributed by atoms with Crippen molar-refractivity contribution < 1.29 is 22.3 Å². The molecule has 1 fully saturated rings. The highest BCUT2D eigenvalue weighted by atomic mass is 19.4. The molecule has 2 aromatic heterocycles. The summed E-state index contributed by atoms with van der Waals surface area (Å²) in [6.07, 6.45) is -3.90. The predicted octanol–water partition coefficient (Wildman–Crippen LogP) is 4.84. The quantitative estimate of drug-likeness (QED) is 0.376. The third-order valence-electron chi connectivity index (χ3n) is 6.54. The van der Waals surface area contributed by atoms with E-state index in [9.17, 15) is 18.0 Å². The molecule has 0 amide bonds. The molecule has 5 rings (SSSR count). The maximum atomic E-state index is 13.8. The fraction of sp³-hybridized carbons (Fsp3) is 0.400. The second-order valence-corrected chi connectivity index (χ2v) is 9.19. The normalized spacial score (nSPS) is 16.4. The largest absolute Gasteiger partial charge is 0.494 e. The zero-order valence-electron chi connectivity index (χ0n) is 20.1. The number of methoxy groups -OCH3 is 1. The summed E-state index contributed by atoms with van der Waals surface area (Å²) in [4.78, 5) is 15.7. The molecule has 0 saturated carbocycles. The van der Waals surface area contributed by atoms with Gasteiger partial charge in [0.15, 0.2) is 0 Å². The van der Waals surface area contributed by atoms with Crippen molar-refractivity contribution in [3.8, 4) is 5.75 Å². The van der Waals surface area contributed by atoms with Crippen LogP contribution in [0.25, 0.3) is 11.0 Å². The van der Waals surface area contributed by atoms with E-state index < -0.39 is 17.4 Å². The number of halogens is 3. The number of fused-ring (bicyclic) bond motifs is 1. The molecule has 36 heavy (non-hydrogen) atoms. The topological polar surface area (TPSA) is 78.3 Å². The molecule has 0 aliphatic carbocycles. The van der Waals surface area contributed by atoms with Crippen molar-refractivity contribution in [1.82, 2.24) is 19.3 Å². The molecule has 1 unspecified atom stereocenters. The lowest BCUT2D eigenvalue weighted by atomic mass is 10.1. The van der Waals surface area contributed by atoms with Crippen molar-refractivity contribution in [1.29, 1.82) is 0 Å². The Balaban J connectivity index is 1.57. The second kappa shape index (κ2) is 9.03. The summed E-state index contributed by atoms with van der Waals surface area (Å²) < 4.78 is 55.3. The fourth-order valence-electron chi connectivity index (χ4n) is 4.79. The van der Waals surface area contributed by atoms with Crippen LogP contribution < -0.4 is 15.3 Å². The smallest absolute Gasteiger partial charge is 0.416 e. The number of benzene rings is 2. The molecule has 1 aliphatic heterocycles. The van der Waals surface area contributed by atoms with Crippen LogP contribution in [-0.2, 0) is 12.7 Å². The van der Waals surface area contributed by atoms with Crippen LogP contribution in [0.1, 0.15) is 49.2 Å². The van der Waals surface area contributed by atoms with E-state index in [-0.39, 0.29) is 24.1 Å². The molecular formula is C25H26F3N5O3. The van der Waals surface area contributed by atoms with E-state index >= 15 is 0 Å². The lowest BCUT2D eigenvalue weighted by Crippen LogP contribution is -2.30. The zero-order valence-corrected chi connectivity index (χ0v) is 20.1. The molecule has 190 valence electrons. The van der Waals surface area contributed by atoms with E-state index in [2.05, 4.69) is 10.2 Å². The van der Waals surface area contributed by atoms with Gasteiger partial charge in [-0.05, 0) is 30.2 Å². The number of rotatable bonds is 6. The summed E-state index contributed by atoms with van der Waals surface area (Å²) in [5.74, 6) is 1.05. The van der Waals surface area contributed by atoms with Crippen LogP contribution in [0.15, 0.2) is 51.7 Å². The molecule has 8 nitrogen and oxygen atoms in total. The minimum absolute atomic E-state index is 0.0113. The van der Waals surface area contributed by atoms with E-state index in [1.54, 1.807) is 22.8 Å². The highest BCUT2D eigenvalue weighted by molar-refractivity contribution is 5.83. The van der Waals surface area contributed by atoms with Crippen LogP contribution in [-0.4, -0.2) is 39.5 Å². The van der Waals surface area contributed by atoms with Crippen molar-refractivity contribution in [3.63, 3.8) is 0 Å². The average Bonchev–Trinajstić information content (AvgIpc) is 3.57. The molecule has 1 aliphatic rings. The van der Waals surface area contributed by atoms with Gasteiger partial charge in [0.25, 0.3) is 0 Å². The first-order chi connectivity index (χ1) is 17.2. The Hall–Kier alpha value is -3.76. The van der Waals surface area contributed by atoms with Crippen molar-refractivity contribution in [3.05, 3.63) is 70.0 Å². The molecule has 0 N–H and O–H groups in total. The number of hydrogen-bond acceptors (Lipinski definition) is 6. The van der Waals surface area contributed by atoms with Crippen LogP contribution in [0.3, 0.4) is 0 Å². The number of imidazole rings is 1. The van der Waals surface area contributed by atoms with Gasteiger partial charge in [0.1, 0.15) is 11.3 Å². The Morgan fingerprint density at radius 3 is 2.61 bits per heavy atom. The second-order valence-electron chi connectivity index (χ2n) is 9.19. The van der Waals surface area contributed by atoms with E-state index in [1.165, 1.54) is 29.9 Å². The lowest BCUT2D eigenvalue weighted by molar-refractivity contribution is -0.138. The molecule has 4 aromatic rings. The van der Waals surface area contributed by atoms with Gasteiger partial charge >= 0.3 is 17.9 Å². The minimum Gasteiger partial charge on any atom is -0.494 e. The van der Waals surface area contributed by atoms with Crippen molar-refractivity contribution >= 4 is 17.0 Å². The third-order valence-corrected chi connectivity index (χ3v) is 6.54. The predicted molar refractivity (Wildman–Crippen MR) is 128 cm³/mol. The highest BCUT2D eigenvalue weighted by Crippen LogP contribution is 2.35.